The summed E-state index contributed by atoms with van der Waals surface area (Å²) in [5.41, 5.74) is 0.406. The van der Waals surface area contributed by atoms with Crippen LogP contribution in [0.15, 0.2) is 30.6 Å². The van der Waals surface area contributed by atoms with Crippen molar-refractivity contribution in [1.82, 2.24) is 9.55 Å². The Morgan fingerprint density at radius 2 is 2.15 bits per heavy atom. The van der Waals surface area contributed by atoms with Crippen LogP contribution in [-0.4, -0.2) is 14.7 Å². The Hall–Kier alpha value is -2.02. The number of halogens is 3. The fourth-order valence-electron chi connectivity index (χ4n) is 1.67. The molecule has 0 aliphatic rings. The lowest BCUT2D eigenvalue weighted by molar-refractivity contribution is 0.0631. The second kappa shape index (κ2) is 5.96. The van der Waals surface area contributed by atoms with E-state index in [0.29, 0.717) is 10.1 Å². The number of ether oxygens (including phenoxy) is 1. The molecule has 0 fully saturated rings. The fraction of sp³-hybridized carbons (Fsp3) is 0.308. The molecule has 0 radical (unpaired) electrons. The standard InChI is InChI=1S/C13H13F3N2O2/c1-8(19)9-2-3-11(10(14)6-9)20-7-12-17-4-5-18(12)13(15)16/h2-6,8,13,19H,7H2,1H3. The van der Waals surface area contributed by atoms with Gasteiger partial charge in [-0.05, 0) is 24.6 Å². The van der Waals surface area contributed by atoms with E-state index in [1.165, 1.54) is 25.3 Å². The normalized spacial score (nSPS) is 12.7. The number of alkyl halides is 2. The molecule has 0 amide bonds. The number of nitrogens with zero attached hydrogens (tertiary/aromatic N) is 2. The molecule has 2 rings (SSSR count). The number of aliphatic hydroxyl groups excluding tert-OH is 1. The number of imidazole rings is 1. The zero-order valence-electron chi connectivity index (χ0n) is 10.6. The van der Waals surface area contributed by atoms with Crippen molar-refractivity contribution in [1.29, 1.82) is 0 Å². The van der Waals surface area contributed by atoms with Crippen LogP contribution in [0.5, 0.6) is 5.75 Å². The van der Waals surface area contributed by atoms with Crippen LogP contribution in [-0.2, 0) is 6.61 Å². The average molecular weight is 286 g/mol. The SMILES string of the molecule is CC(O)c1ccc(OCc2nccn2C(F)F)c(F)c1. The van der Waals surface area contributed by atoms with Crippen molar-refractivity contribution in [3.63, 3.8) is 0 Å². The van der Waals surface area contributed by atoms with Gasteiger partial charge in [0, 0.05) is 12.4 Å². The summed E-state index contributed by atoms with van der Waals surface area (Å²) in [5.74, 6) is -0.754. The molecule has 0 bridgehead atoms. The van der Waals surface area contributed by atoms with E-state index in [2.05, 4.69) is 4.98 Å². The summed E-state index contributed by atoms with van der Waals surface area (Å²) >= 11 is 0. The maximum Gasteiger partial charge on any atom is 0.320 e. The molecule has 0 spiro atoms. The first-order valence-corrected chi connectivity index (χ1v) is 5.89. The van der Waals surface area contributed by atoms with Crippen LogP contribution in [0, 0.1) is 5.82 Å². The van der Waals surface area contributed by atoms with Gasteiger partial charge < -0.3 is 9.84 Å². The first-order valence-electron chi connectivity index (χ1n) is 5.89. The molecule has 1 unspecified atom stereocenters. The molecule has 0 aliphatic carbocycles. The lowest BCUT2D eigenvalue weighted by atomic mass is 10.1. The van der Waals surface area contributed by atoms with Crippen molar-refractivity contribution in [2.45, 2.75) is 26.2 Å². The highest BCUT2D eigenvalue weighted by Gasteiger charge is 2.13. The summed E-state index contributed by atoms with van der Waals surface area (Å²) in [7, 11) is 0. The summed E-state index contributed by atoms with van der Waals surface area (Å²) in [5, 5.41) is 9.31. The van der Waals surface area contributed by atoms with Crippen LogP contribution in [0.4, 0.5) is 13.2 Å². The Balaban J connectivity index is 2.09. The van der Waals surface area contributed by atoms with Gasteiger partial charge in [-0.3, -0.25) is 4.57 Å². The summed E-state index contributed by atoms with van der Waals surface area (Å²) in [6.45, 7) is -1.49. The van der Waals surface area contributed by atoms with E-state index in [-0.39, 0.29) is 18.2 Å². The van der Waals surface area contributed by atoms with Crippen molar-refractivity contribution in [2.24, 2.45) is 0 Å². The topological polar surface area (TPSA) is 47.3 Å². The predicted octanol–water partition coefficient (Wildman–Crippen LogP) is 3.05. The van der Waals surface area contributed by atoms with Gasteiger partial charge in [0.1, 0.15) is 6.61 Å². The van der Waals surface area contributed by atoms with Gasteiger partial charge >= 0.3 is 6.55 Å². The lowest BCUT2D eigenvalue weighted by Gasteiger charge is -2.11. The third kappa shape index (κ3) is 3.11. The zero-order chi connectivity index (χ0) is 14.7. The van der Waals surface area contributed by atoms with E-state index in [0.717, 1.165) is 12.3 Å². The van der Waals surface area contributed by atoms with E-state index in [4.69, 9.17) is 4.74 Å². The third-order valence-electron chi connectivity index (χ3n) is 2.75. The van der Waals surface area contributed by atoms with Gasteiger partial charge in [-0.25, -0.2) is 9.37 Å². The minimum Gasteiger partial charge on any atom is -0.483 e. The number of rotatable bonds is 5. The van der Waals surface area contributed by atoms with Crippen LogP contribution in [0.2, 0.25) is 0 Å². The van der Waals surface area contributed by atoms with Crippen molar-refractivity contribution < 1.29 is 23.0 Å². The molecule has 108 valence electrons. The maximum absolute atomic E-state index is 13.7. The van der Waals surface area contributed by atoms with Gasteiger partial charge in [0.2, 0.25) is 0 Å². The Bertz CT molecular complexity index is 585. The van der Waals surface area contributed by atoms with Crippen molar-refractivity contribution in [3.05, 3.63) is 47.8 Å². The molecule has 1 aromatic carbocycles. The van der Waals surface area contributed by atoms with Crippen molar-refractivity contribution >= 4 is 0 Å². The van der Waals surface area contributed by atoms with E-state index in [1.54, 1.807) is 0 Å². The number of hydrogen-bond acceptors (Lipinski definition) is 3. The second-order valence-corrected chi connectivity index (χ2v) is 4.18. The zero-order valence-corrected chi connectivity index (χ0v) is 10.6. The van der Waals surface area contributed by atoms with Crippen LogP contribution in [0.25, 0.3) is 0 Å². The predicted molar refractivity (Wildman–Crippen MR) is 64.8 cm³/mol. The molecule has 4 nitrogen and oxygen atoms in total. The van der Waals surface area contributed by atoms with Crippen LogP contribution in [0.3, 0.4) is 0 Å². The molecule has 1 atom stereocenters. The fourth-order valence-corrected chi connectivity index (χ4v) is 1.67. The van der Waals surface area contributed by atoms with Crippen molar-refractivity contribution in [2.75, 3.05) is 0 Å². The molecule has 0 aliphatic heterocycles. The molecule has 20 heavy (non-hydrogen) atoms. The summed E-state index contributed by atoms with van der Waals surface area (Å²) in [6.07, 6.45) is 1.55. The van der Waals surface area contributed by atoms with E-state index >= 15 is 0 Å². The summed E-state index contributed by atoms with van der Waals surface area (Å²) in [4.78, 5) is 3.72. The Morgan fingerprint density at radius 1 is 1.40 bits per heavy atom. The minimum absolute atomic E-state index is 0.000923. The van der Waals surface area contributed by atoms with Crippen molar-refractivity contribution in [3.8, 4) is 5.75 Å². The highest BCUT2D eigenvalue weighted by molar-refractivity contribution is 5.30. The molecular formula is C13H13F3N2O2. The molecule has 0 saturated heterocycles. The minimum atomic E-state index is -2.72. The van der Waals surface area contributed by atoms with Crippen LogP contribution in [0.1, 0.15) is 31.0 Å². The smallest absolute Gasteiger partial charge is 0.320 e. The largest absolute Gasteiger partial charge is 0.483 e. The first-order chi connectivity index (χ1) is 9.49. The molecule has 0 saturated carbocycles. The molecule has 2 aromatic rings. The lowest BCUT2D eigenvalue weighted by Crippen LogP contribution is -2.08. The van der Waals surface area contributed by atoms with E-state index < -0.39 is 18.5 Å². The average Bonchev–Trinajstić information content (AvgIpc) is 2.85. The number of hydrogen-bond donors (Lipinski definition) is 1. The van der Waals surface area contributed by atoms with Gasteiger partial charge in [0.05, 0.1) is 6.10 Å². The molecule has 1 heterocycles. The summed E-state index contributed by atoms with van der Waals surface area (Å²) in [6, 6.07) is 3.98. The van der Waals surface area contributed by atoms with Crippen LogP contribution >= 0.6 is 0 Å². The number of aliphatic hydroxyl groups is 1. The Morgan fingerprint density at radius 3 is 2.75 bits per heavy atom. The van der Waals surface area contributed by atoms with Gasteiger partial charge in [-0.2, -0.15) is 8.78 Å². The van der Waals surface area contributed by atoms with E-state index in [9.17, 15) is 18.3 Å². The van der Waals surface area contributed by atoms with Gasteiger partial charge in [-0.15, -0.1) is 0 Å². The number of aromatic nitrogens is 2. The highest BCUT2D eigenvalue weighted by Crippen LogP contribution is 2.23. The number of benzene rings is 1. The molecular weight excluding hydrogens is 273 g/mol. The molecule has 1 N–H and O–H groups in total. The summed E-state index contributed by atoms with van der Waals surface area (Å²) < 4.78 is 44.6. The van der Waals surface area contributed by atoms with Gasteiger partial charge in [0.15, 0.2) is 17.4 Å². The highest BCUT2D eigenvalue weighted by atomic mass is 19.3. The molecule has 7 heteroatoms. The van der Waals surface area contributed by atoms with Gasteiger partial charge in [-0.1, -0.05) is 6.07 Å². The Kier molecular flexibility index (Phi) is 4.29. The Labute approximate surface area is 113 Å². The quantitative estimate of drug-likeness (QED) is 0.919. The third-order valence-corrected chi connectivity index (χ3v) is 2.75. The first kappa shape index (κ1) is 14.4. The van der Waals surface area contributed by atoms with E-state index in [1.807, 2.05) is 0 Å². The maximum atomic E-state index is 13.7. The second-order valence-electron chi connectivity index (χ2n) is 4.18. The van der Waals surface area contributed by atoms with Gasteiger partial charge in [0.25, 0.3) is 0 Å². The molecule has 1 aromatic heterocycles. The monoisotopic (exact) mass is 286 g/mol. The van der Waals surface area contributed by atoms with Crippen LogP contribution < -0.4 is 4.74 Å².